The number of amides is 2. The first kappa shape index (κ1) is 34.3. The first-order valence-electron chi connectivity index (χ1n) is 14.3. The monoisotopic (exact) mass is 595 g/mol. The summed E-state index contributed by atoms with van der Waals surface area (Å²) in [7, 11) is 0. The number of aromatic hydroxyl groups is 1. The lowest BCUT2D eigenvalue weighted by molar-refractivity contribution is -0.158. The van der Waals surface area contributed by atoms with Crippen molar-refractivity contribution in [3.05, 3.63) is 101 Å². The number of nitrogens with one attached hydrogen (secondary N) is 2. The second-order valence-electron chi connectivity index (χ2n) is 10.3. The predicted octanol–water partition coefficient (Wildman–Crippen LogP) is 4.74. The van der Waals surface area contributed by atoms with Crippen molar-refractivity contribution in [2.45, 2.75) is 70.3 Å². The zero-order valence-corrected chi connectivity index (χ0v) is 24.7. The summed E-state index contributed by atoms with van der Waals surface area (Å²) in [6, 6.07) is 24.4. The number of carbonyl (C=O) groups is 3. The highest BCUT2D eigenvalue weighted by Gasteiger charge is 2.14. The Balaban J connectivity index is 0.00000616. The van der Waals surface area contributed by atoms with E-state index in [9.17, 15) is 19.5 Å². The van der Waals surface area contributed by atoms with Gasteiger partial charge in [0, 0.05) is 13.0 Å². The van der Waals surface area contributed by atoms with Crippen molar-refractivity contribution >= 4 is 30.2 Å². The van der Waals surface area contributed by atoms with Crippen molar-refractivity contribution in [2.24, 2.45) is 5.73 Å². The van der Waals surface area contributed by atoms with Gasteiger partial charge in [-0.25, -0.2) is 4.79 Å². The molecule has 0 radical (unpaired) electrons. The number of aryl methyl sites for hydroxylation is 2. The van der Waals surface area contributed by atoms with Gasteiger partial charge in [0.15, 0.2) is 0 Å². The first-order valence-corrected chi connectivity index (χ1v) is 14.3. The number of hydrogen-bond acceptors (Lipinski definition) is 6. The molecule has 8 nitrogen and oxygen atoms in total. The van der Waals surface area contributed by atoms with E-state index in [-0.39, 0.29) is 42.8 Å². The number of hydroxylamine groups is 1. The Bertz CT molecular complexity index is 1220. The average molecular weight is 596 g/mol. The van der Waals surface area contributed by atoms with Crippen LogP contribution in [0.5, 0.6) is 5.75 Å². The van der Waals surface area contributed by atoms with Gasteiger partial charge >= 0.3 is 5.97 Å². The molecule has 0 aliphatic heterocycles. The zero-order valence-electron chi connectivity index (χ0n) is 23.9. The van der Waals surface area contributed by atoms with Gasteiger partial charge in [-0.2, -0.15) is 5.48 Å². The molecule has 0 aromatic heterocycles. The molecule has 2 amide bonds. The molecule has 0 heterocycles. The SMILES string of the molecule is Cl.NC(Cc1ccc(O)cc1)C(=O)NCCCCCC(=O)ONC(=O)Cc1ccc(CCCCc2ccccc2)cc1. The van der Waals surface area contributed by atoms with Gasteiger partial charge in [-0.05, 0) is 79.3 Å². The second-order valence-corrected chi connectivity index (χ2v) is 10.3. The molecular weight excluding hydrogens is 554 g/mol. The molecule has 42 heavy (non-hydrogen) atoms. The van der Waals surface area contributed by atoms with Crippen molar-refractivity contribution in [1.82, 2.24) is 10.8 Å². The quantitative estimate of drug-likeness (QED) is 0.140. The van der Waals surface area contributed by atoms with E-state index in [1.54, 1.807) is 24.3 Å². The van der Waals surface area contributed by atoms with Gasteiger partial charge in [-0.3, -0.25) is 9.59 Å². The third-order valence-electron chi connectivity index (χ3n) is 6.78. The molecule has 0 fully saturated rings. The molecule has 3 rings (SSSR count). The smallest absolute Gasteiger partial charge is 0.332 e. The van der Waals surface area contributed by atoms with Crippen LogP contribution in [0.3, 0.4) is 0 Å². The Morgan fingerprint density at radius 3 is 2.00 bits per heavy atom. The molecule has 0 bridgehead atoms. The molecule has 0 aliphatic rings. The summed E-state index contributed by atoms with van der Waals surface area (Å²) in [5, 5.41) is 12.1. The topological polar surface area (TPSA) is 131 Å². The number of phenols is 1. The molecule has 226 valence electrons. The summed E-state index contributed by atoms with van der Waals surface area (Å²) >= 11 is 0. The van der Waals surface area contributed by atoms with E-state index >= 15 is 0 Å². The van der Waals surface area contributed by atoms with E-state index in [0.717, 1.165) is 43.2 Å². The number of hydrogen-bond donors (Lipinski definition) is 4. The molecule has 1 unspecified atom stereocenters. The largest absolute Gasteiger partial charge is 0.508 e. The van der Waals surface area contributed by atoms with Crippen LogP contribution in [0.2, 0.25) is 0 Å². The van der Waals surface area contributed by atoms with E-state index in [1.807, 2.05) is 30.3 Å². The number of rotatable bonds is 16. The van der Waals surface area contributed by atoms with Crippen molar-refractivity contribution in [3.63, 3.8) is 0 Å². The lowest BCUT2D eigenvalue weighted by atomic mass is 10.0. The van der Waals surface area contributed by atoms with Gasteiger partial charge in [-0.1, -0.05) is 73.2 Å². The van der Waals surface area contributed by atoms with Gasteiger partial charge in [-0.15, -0.1) is 12.4 Å². The van der Waals surface area contributed by atoms with Crippen LogP contribution in [0.1, 0.15) is 60.8 Å². The maximum absolute atomic E-state index is 12.2. The summed E-state index contributed by atoms with van der Waals surface area (Å²) < 4.78 is 0. The number of benzene rings is 3. The van der Waals surface area contributed by atoms with Crippen LogP contribution < -0.4 is 16.5 Å². The van der Waals surface area contributed by atoms with Crippen molar-refractivity contribution in [3.8, 4) is 5.75 Å². The number of phenolic OH excluding ortho intramolecular Hbond substituents is 1. The highest BCUT2D eigenvalue weighted by Crippen LogP contribution is 2.12. The highest BCUT2D eigenvalue weighted by molar-refractivity contribution is 5.85. The van der Waals surface area contributed by atoms with Gasteiger partial charge < -0.3 is 21.0 Å². The molecular formula is C33H42ClN3O5. The van der Waals surface area contributed by atoms with Crippen LogP contribution >= 0.6 is 12.4 Å². The van der Waals surface area contributed by atoms with E-state index in [4.69, 9.17) is 10.6 Å². The Labute approximate surface area is 254 Å². The third kappa shape index (κ3) is 13.7. The maximum atomic E-state index is 12.2. The molecule has 3 aromatic rings. The number of halogens is 1. The molecule has 0 spiro atoms. The Hall–Kier alpha value is -3.88. The summed E-state index contributed by atoms with van der Waals surface area (Å²) in [6.07, 6.45) is 7.00. The van der Waals surface area contributed by atoms with Gasteiger partial charge in [0.1, 0.15) is 5.75 Å². The molecule has 3 aromatic carbocycles. The van der Waals surface area contributed by atoms with E-state index in [0.29, 0.717) is 25.8 Å². The van der Waals surface area contributed by atoms with Crippen LogP contribution in [-0.2, 0) is 44.9 Å². The van der Waals surface area contributed by atoms with Gasteiger partial charge in [0.2, 0.25) is 5.91 Å². The highest BCUT2D eigenvalue weighted by atomic mass is 35.5. The molecule has 5 N–H and O–H groups in total. The number of unbranched alkanes of at least 4 members (excludes halogenated alkanes) is 3. The molecule has 0 saturated heterocycles. The van der Waals surface area contributed by atoms with Crippen LogP contribution in [-0.4, -0.2) is 35.5 Å². The fourth-order valence-electron chi connectivity index (χ4n) is 4.41. The van der Waals surface area contributed by atoms with E-state index in [2.05, 4.69) is 35.1 Å². The Kier molecular flexibility index (Phi) is 15.8. The third-order valence-corrected chi connectivity index (χ3v) is 6.78. The fraction of sp³-hybridized carbons (Fsp3) is 0.364. The maximum Gasteiger partial charge on any atom is 0.332 e. The van der Waals surface area contributed by atoms with Crippen LogP contribution in [0.4, 0.5) is 0 Å². The minimum atomic E-state index is -0.675. The summed E-state index contributed by atoms with van der Waals surface area (Å²) in [6.45, 7) is 0.459. The summed E-state index contributed by atoms with van der Waals surface area (Å²) in [5.74, 6) is -0.946. The normalized spacial score (nSPS) is 11.2. The van der Waals surface area contributed by atoms with Crippen LogP contribution in [0, 0.1) is 0 Å². The lowest BCUT2D eigenvalue weighted by Gasteiger charge is -2.12. The minimum absolute atomic E-state index is 0. The van der Waals surface area contributed by atoms with E-state index in [1.165, 1.54) is 11.1 Å². The molecule has 0 saturated carbocycles. The first-order chi connectivity index (χ1) is 19.9. The Morgan fingerprint density at radius 1 is 0.738 bits per heavy atom. The number of nitrogens with two attached hydrogens (primary N) is 1. The Morgan fingerprint density at radius 2 is 1.33 bits per heavy atom. The van der Waals surface area contributed by atoms with Crippen LogP contribution in [0.25, 0.3) is 0 Å². The number of carbonyl (C=O) groups excluding carboxylic acids is 3. The van der Waals surface area contributed by atoms with Gasteiger partial charge in [0.05, 0.1) is 12.5 Å². The second kappa shape index (κ2) is 19.3. The average Bonchev–Trinajstić information content (AvgIpc) is 2.98. The standard InChI is InChI=1S/C33H41N3O5.ClH/c34-30(23-27-18-20-29(37)21-19-27)33(40)35-22-8-2-5-13-32(39)41-36-31(38)24-28-16-14-26(15-17-28)12-7-6-11-25-9-3-1-4-10-25;/h1,3-4,9-10,14-21,30,37H,2,5-8,11-13,22-24,34H2,(H,35,40)(H,36,38);1H. The fourth-order valence-corrected chi connectivity index (χ4v) is 4.41. The van der Waals surface area contributed by atoms with Crippen LogP contribution in [0.15, 0.2) is 78.9 Å². The summed E-state index contributed by atoms with van der Waals surface area (Å²) in [4.78, 5) is 41.2. The molecule has 1 atom stereocenters. The van der Waals surface area contributed by atoms with Gasteiger partial charge in [0.25, 0.3) is 5.91 Å². The molecule has 9 heteroatoms. The molecule has 0 aliphatic carbocycles. The van der Waals surface area contributed by atoms with Crippen molar-refractivity contribution < 1.29 is 24.3 Å². The van der Waals surface area contributed by atoms with Crippen molar-refractivity contribution in [2.75, 3.05) is 6.54 Å². The van der Waals surface area contributed by atoms with Crippen molar-refractivity contribution in [1.29, 1.82) is 0 Å². The van der Waals surface area contributed by atoms with E-state index < -0.39 is 12.0 Å². The lowest BCUT2D eigenvalue weighted by Crippen LogP contribution is -2.42. The predicted molar refractivity (Wildman–Crippen MR) is 166 cm³/mol. The summed E-state index contributed by atoms with van der Waals surface area (Å²) in [5.41, 5.74) is 12.5. The minimum Gasteiger partial charge on any atom is -0.508 e. The zero-order chi connectivity index (χ0) is 29.3.